The zero-order valence-corrected chi connectivity index (χ0v) is 11.8. The lowest BCUT2D eigenvalue weighted by Gasteiger charge is -2.05. The number of methoxy groups -OCH3 is 2. The van der Waals surface area contributed by atoms with Crippen molar-refractivity contribution >= 4 is 5.78 Å². The number of carbonyl (C=O) groups is 1. The summed E-state index contributed by atoms with van der Waals surface area (Å²) in [5, 5.41) is 0. The van der Waals surface area contributed by atoms with E-state index >= 15 is 0 Å². The van der Waals surface area contributed by atoms with Crippen molar-refractivity contribution in [3.8, 4) is 11.5 Å². The highest BCUT2D eigenvalue weighted by atomic mass is 16.5. The van der Waals surface area contributed by atoms with E-state index in [1.807, 2.05) is 42.5 Å². The fourth-order valence-electron chi connectivity index (χ4n) is 2.03. The van der Waals surface area contributed by atoms with Crippen molar-refractivity contribution in [2.75, 3.05) is 14.2 Å². The van der Waals surface area contributed by atoms with Gasteiger partial charge in [0.1, 0.15) is 11.5 Å². The molecule has 3 heteroatoms. The number of ether oxygens (including phenoxy) is 2. The normalized spacial score (nSPS) is 10.1. The first-order valence-electron chi connectivity index (χ1n) is 6.53. The molecule has 0 aromatic heterocycles. The number of Topliss-reactive ketones (excluding diaryl/α,β-unsaturated/α-hetero) is 1. The minimum absolute atomic E-state index is 0.117. The summed E-state index contributed by atoms with van der Waals surface area (Å²) >= 11 is 0. The summed E-state index contributed by atoms with van der Waals surface area (Å²) < 4.78 is 10.3. The van der Waals surface area contributed by atoms with Gasteiger partial charge in [0, 0.05) is 12.0 Å². The van der Waals surface area contributed by atoms with Crippen molar-refractivity contribution in [2.24, 2.45) is 0 Å². The van der Waals surface area contributed by atoms with Crippen molar-refractivity contribution < 1.29 is 14.3 Å². The van der Waals surface area contributed by atoms with Crippen LogP contribution in [0.15, 0.2) is 48.5 Å². The lowest BCUT2D eigenvalue weighted by atomic mass is 10.0. The summed E-state index contributed by atoms with van der Waals surface area (Å²) in [6.45, 7) is 0. The van der Waals surface area contributed by atoms with Gasteiger partial charge < -0.3 is 9.47 Å². The number of hydrogen-bond acceptors (Lipinski definition) is 3. The van der Waals surface area contributed by atoms with Gasteiger partial charge in [0.05, 0.1) is 14.2 Å². The average molecular weight is 270 g/mol. The van der Waals surface area contributed by atoms with Gasteiger partial charge in [-0.05, 0) is 36.2 Å². The van der Waals surface area contributed by atoms with Crippen LogP contribution >= 0.6 is 0 Å². The first-order chi connectivity index (χ1) is 9.72. The third kappa shape index (κ3) is 3.60. The molecule has 2 aromatic rings. The standard InChI is InChI=1S/C17H18O3/c1-19-15-7-3-5-13(11-15)9-10-17(18)14-6-4-8-16(12-14)20-2/h3-8,11-12H,9-10H2,1-2H3. The maximum Gasteiger partial charge on any atom is 0.163 e. The van der Waals surface area contributed by atoms with Gasteiger partial charge >= 0.3 is 0 Å². The lowest BCUT2D eigenvalue weighted by molar-refractivity contribution is 0.0982. The van der Waals surface area contributed by atoms with Crippen molar-refractivity contribution in [3.63, 3.8) is 0 Å². The van der Waals surface area contributed by atoms with Crippen LogP contribution in [0.4, 0.5) is 0 Å². The van der Waals surface area contributed by atoms with Crippen molar-refractivity contribution in [1.82, 2.24) is 0 Å². The molecular weight excluding hydrogens is 252 g/mol. The van der Waals surface area contributed by atoms with Crippen LogP contribution in [0.5, 0.6) is 11.5 Å². The second kappa shape index (κ2) is 6.75. The van der Waals surface area contributed by atoms with Gasteiger partial charge in [0.15, 0.2) is 5.78 Å². The molecule has 0 spiro atoms. The van der Waals surface area contributed by atoms with E-state index in [-0.39, 0.29) is 5.78 Å². The largest absolute Gasteiger partial charge is 0.497 e. The fraction of sp³-hybridized carbons (Fsp3) is 0.235. The second-order valence-electron chi connectivity index (χ2n) is 4.51. The molecule has 0 saturated heterocycles. The minimum Gasteiger partial charge on any atom is -0.497 e. The molecule has 0 bridgehead atoms. The molecule has 0 amide bonds. The topological polar surface area (TPSA) is 35.5 Å². The van der Waals surface area contributed by atoms with E-state index in [4.69, 9.17) is 9.47 Å². The molecule has 0 unspecified atom stereocenters. The van der Waals surface area contributed by atoms with Crippen LogP contribution in [-0.2, 0) is 6.42 Å². The highest BCUT2D eigenvalue weighted by Crippen LogP contribution is 2.17. The van der Waals surface area contributed by atoms with Gasteiger partial charge in [-0.1, -0.05) is 24.3 Å². The number of rotatable bonds is 6. The van der Waals surface area contributed by atoms with E-state index < -0.39 is 0 Å². The molecule has 0 heterocycles. The molecular formula is C17H18O3. The van der Waals surface area contributed by atoms with E-state index in [2.05, 4.69) is 0 Å². The molecule has 0 atom stereocenters. The SMILES string of the molecule is COc1cccc(CCC(=O)c2cccc(OC)c2)c1. The number of carbonyl (C=O) groups excluding carboxylic acids is 1. The summed E-state index contributed by atoms with van der Waals surface area (Å²) in [6.07, 6.45) is 1.17. The van der Waals surface area contributed by atoms with Crippen LogP contribution in [0.25, 0.3) is 0 Å². The molecule has 2 aromatic carbocycles. The van der Waals surface area contributed by atoms with Crippen LogP contribution in [0.3, 0.4) is 0 Å². The predicted octanol–water partition coefficient (Wildman–Crippen LogP) is 3.52. The molecule has 0 aliphatic rings. The zero-order valence-electron chi connectivity index (χ0n) is 11.8. The third-order valence-electron chi connectivity index (χ3n) is 3.17. The molecule has 0 fully saturated rings. The Bertz CT molecular complexity index is 590. The summed E-state index contributed by atoms with van der Waals surface area (Å²) in [7, 11) is 3.24. The number of benzene rings is 2. The van der Waals surface area contributed by atoms with Gasteiger partial charge in [-0.3, -0.25) is 4.79 Å². The Kier molecular flexibility index (Phi) is 4.77. The van der Waals surface area contributed by atoms with Gasteiger partial charge in [-0.15, -0.1) is 0 Å². The first kappa shape index (κ1) is 14.1. The molecule has 0 aliphatic heterocycles. The van der Waals surface area contributed by atoms with Crippen molar-refractivity contribution in [2.45, 2.75) is 12.8 Å². The maximum atomic E-state index is 12.2. The lowest BCUT2D eigenvalue weighted by Crippen LogP contribution is -2.01. The molecule has 104 valence electrons. The maximum absolute atomic E-state index is 12.2. The highest BCUT2D eigenvalue weighted by Gasteiger charge is 2.07. The Labute approximate surface area is 119 Å². The van der Waals surface area contributed by atoms with E-state index in [1.165, 1.54) is 0 Å². The summed E-state index contributed by atoms with van der Waals surface area (Å²) in [4.78, 5) is 12.2. The summed E-state index contributed by atoms with van der Waals surface area (Å²) in [6, 6.07) is 15.0. The van der Waals surface area contributed by atoms with Gasteiger partial charge in [-0.25, -0.2) is 0 Å². The number of hydrogen-bond donors (Lipinski definition) is 0. The molecule has 20 heavy (non-hydrogen) atoms. The van der Waals surface area contributed by atoms with Crippen LogP contribution in [0.1, 0.15) is 22.3 Å². The van der Waals surface area contributed by atoms with Crippen LogP contribution < -0.4 is 9.47 Å². The fourth-order valence-corrected chi connectivity index (χ4v) is 2.03. The molecule has 0 aliphatic carbocycles. The molecule has 3 nitrogen and oxygen atoms in total. The molecule has 0 N–H and O–H groups in total. The van der Waals surface area contributed by atoms with Crippen LogP contribution in [-0.4, -0.2) is 20.0 Å². The highest BCUT2D eigenvalue weighted by molar-refractivity contribution is 5.96. The van der Waals surface area contributed by atoms with E-state index in [0.29, 0.717) is 24.2 Å². The Morgan fingerprint density at radius 3 is 2.30 bits per heavy atom. The smallest absolute Gasteiger partial charge is 0.163 e. The molecule has 0 radical (unpaired) electrons. The quantitative estimate of drug-likeness (QED) is 0.753. The van der Waals surface area contributed by atoms with E-state index in [1.54, 1.807) is 20.3 Å². The monoisotopic (exact) mass is 270 g/mol. The molecule has 2 rings (SSSR count). The minimum atomic E-state index is 0.117. The van der Waals surface area contributed by atoms with Crippen LogP contribution in [0.2, 0.25) is 0 Å². The first-order valence-corrected chi connectivity index (χ1v) is 6.53. The number of aryl methyl sites for hydroxylation is 1. The van der Waals surface area contributed by atoms with E-state index in [0.717, 1.165) is 11.3 Å². The van der Waals surface area contributed by atoms with Crippen molar-refractivity contribution in [1.29, 1.82) is 0 Å². The van der Waals surface area contributed by atoms with Gasteiger partial charge in [0.2, 0.25) is 0 Å². The summed E-state index contributed by atoms with van der Waals surface area (Å²) in [5.41, 5.74) is 1.79. The third-order valence-corrected chi connectivity index (χ3v) is 3.17. The Morgan fingerprint density at radius 1 is 0.950 bits per heavy atom. The van der Waals surface area contributed by atoms with Gasteiger partial charge in [-0.2, -0.15) is 0 Å². The zero-order chi connectivity index (χ0) is 14.4. The van der Waals surface area contributed by atoms with E-state index in [9.17, 15) is 4.79 Å². The van der Waals surface area contributed by atoms with Gasteiger partial charge in [0.25, 0.3) is 0 Å². The number of ketones is 1. The summed E-state index contributed by atoms with van der Waals surface area (Å²) in [5.74, 6) is 1.64. The van der Waals surface area contributed by atoms with Crippen LogP contribution in [0, 0.1) is 0 Å². The molecule has 0 saturated carbocycles. The predicted molar refractivity (Wildman–Crippen MR) is 78.6 cm³/mol. The Morgan fingerprint density at radius 2 is 1.60 bits per heavy atom. The second-order valence-corrected chi connectivity index (χ2v) is 4.51. The Balaban J connectivity index is 2.00. The average Bonchev–Trinajstić information content (AvgIpc) is 2.52. The Hall–Kier alpha value is -2.29. The van der Waals surface area contributed by atoms with Crippen molar-refractivity contribution in [3.05, 3.63) is 59.7 Å².